The van der Waals surface area contributed by atoms with Crippen molar-refractivity contribution in [1.29, 1.82) is 0 Å². The molecule has 0 aliphatic heterocycles. The van der Waals surface area contributed by atoms with Crippen LogP contribution in [0.25, 0.3) is 10.9 Å². The second kappa shape index (κ2) is 11.2. The number of aromatic nitrogens is 2. The standard InChI is InChI=1S/C29H36N6O2/c1-35(2)26-24-11-3-4-12-25(24)33-29(34-26)32-22-15-13-19(14-16-22)18-30-27(36)21-9-6-10-23(17-21)31-28(37)20-7-5-8-20/h3-4,6,9-12,17,19-20,22H,5,7-8,13-16,18H2,1-2H3,(H,30,36)(H,31,37)(H,32,33,34)/t19-,22+. The maximum Gasteiger partial charge on any atom is 0.251 e. The molecule has 5 rings (SSSR count). The molecule has 194 valence electrons. The van der Waals surface area contributed by atoms with Gasteiger partial charge in [0.1, 0.15) is 5.82 Å². The second-order valence-electron chi connectivity index (χ2n) is 10.6. The molecular weight excluding hydrogens is 464 g/mol. The monoisotopic (exact) mass is 500 g/mol. The number of rotatable bonds is 8. The summed E-state index contributed by atoms with van der Waals surface area (Å²) in [6.45, 7) is 0.654. The fraction of sp³-hybridized carbons (Fsp3) is 0.448. The van der Waals surface area contributed by atoms with Crippen molar-refractivity contribution in [3.8, 4) is 0 Å². The number of hydrogen-bond acceptors (Lipinski definition) is 6. The molecule has 8 heteroatoms. The predicted molar refractivity (Wildman–Crippen MR) is 148 cm³/mol. The quantitative estimate of drug-likeness (QED) is 0.410. The summed E-state index contributed by atoms with van der Waals surface area (Å²) in [6, 6.07) is 15.6. The summed E-state index contributed by atoms with van der Waals surface area (Å²) < 4.78 is 0. The molecule has 2 fully saturated rings. The molecule has 0 unspecified atom stereocenters. The van der Waals surface area contributed by atoms with Gasteiger partial charge in [-0.25, -0.2) is 4.98 Å². The first kappa shape index (κ1) is 25.0. The Labute approximate surface area is 218 Å². The zero-order valence-electron chi connectivity index (χ0n) is 21.7. The lowest BCUT2D eigenvalue weighted by atomic mass is 9.85. The molecule has 0 bridgehead atoms. The van der Waals surface area contributed by atoms with Gasteiger partial charge in [-0.05, 0) is 74.8 Å². The molecule has 2 amide bonds. The van der Waals surface area contributed by atoms with E-state index in [-0.39, 0.29) is 17.7 Å². The van der Waals surface area contributed by atoms with E-state index in [1.54, 1.807) is 12.1 Å². The summed E-state index contributed by atoms with van der Waals surface area (Å²) in [7, 11) is 4.00. The third-order valence-electron chi connectivity index (χ3n) is 7.61. The fourth-order valence-corrected chi connectivity index (χ4v) is 5.15. The Hall–Kier alpha value is -3.68. The topological polar surface area (TPSA) is 99.3 Å². The van der Waals surface area contributed by atoms with Crippen LogP contribution in [0.5, 0.6) is 0 Å². The van der Waals surface area contributed by atoms with E-state index in [0.29, 0.717) is 35.7 Å². The highest BCUT2D eigenvalue weighted by Crippen LogP contribution is 2.29. The Balaban J connectivity index is 1.11. The molecule has 0 atom stereocenters. The van der Waals surface area contributed by atoms with Gasteiger partial charge >= 0.3 is 0 Å². The third-order valence-corrected chi connectivity index (χ3v) is 7.61. The van der Waals surface area contributed by atoms with Crippen LogP contribution in [0, 0.1) is 11.8 Å². The summed E-state index contributed by atoms with van der Waals surface area (Å²) in [5.41, 5.74) is 2.20. The van der Waals surface area contributed by atoms with Crippen LogP contribution in [0.4, 0.5) is 17.5 Å². The van der Waals surface area contributed by atoms with Gasteiger partial charge in [-0.3, -0.25) is 9.59 Å². The van der Waals surface area contributed by atoms with Crippen LogP contribution < -0.4 is 20.9 Å². The molecular formula is C29H36N6O2. The van der Waals surface area contributed by atoms with Gasteiger partial charge in [0.15, 0.2) is 0 Å². The van der Waals surface area contributed by atoms with Crippen molar-refractivity contribution in [1.82, 2.24) is 15.3 Å². The Morgan fingerprint density at radius 3 is 2.46 bits per heavy atom. The average molecular weight is 501 g/mol. The molecule has 3 aromatic rings. The highest BCUT2D eigenvalue weighted by Gasteiger charge is 2.26. The highest BCUT2D eigenvalue weighted by atomic mass is 16.2. The lowest BCUT2D eigenvalue weighted by molar-refractivity contribution is -0.122. The van der Waals surface area contributed by atoms with Crippen molar-refractivity contribution in [2.45, 2.75) is 51.0 Å². The number of para-hydroxylation sites is 1. The smallest absolute Gasteiger partial charge is 0.251 e. The normalized spacial score (nSPS) is 19.6. The number of nitrogens with one attached hydrogen (secondary N) is 3. The molecule has 2 aliphatic rings. The summed E-state index contributed by atoms with van der Waals surface area (Å²) in [5, 5.41) is 10.6. The van der Waals surface area contributed by atoms with E-state index < -0.39 is 0 Å². The second-order valence-corrected chi connectivity index (χ2v) is 10.6. The Morgan fingerprint density at radius 2 is 1.73 bits per heavy atom. The average Bonchev–Trinajstić information content (AvgIpc) is 2.86. The summed E-state index contributed by atoms with van der Waals surface area (Å²) in [5.74, 6) is 2.10. The first-order valence-corrected chi connectivity index (χ1v) is 13.4. The van der Waals surface area contributed by atoms with Gasteiger partial charge in [-0.15, -0.1) is 0 Å². The van der Waals surface area contributed by atoms with Gasteiger partial charge in [0.2, 0.25) is 11.9 Å². The van der Waals surface area contributed by atoms with Gasteiger partial charge in [-0.2, -0.15) is 4.98 Å². The number of anilines is 3. The molecule has 2 saturated carbocycles. The van der Waals surface area contributed by atoms with Crippen molar-refractivity contribution in [2.24, 2.45) is 11.8 Å². The van der Waals surface area contributed by atoms with Gasteiger partial charge in [0.05, 0.1) is 5.52 Å². The minimum atomic E-state index is -0.0965. The van der Waals surface area contributed by atoms with Crippen LogP contribution in [0.15, 0.2) is 48.5 Å². The Kier molecular flexibility index (Phi) is 7.53. The lowest BCUT2D eigenvalue weighted by Crippen LogP contribution is -2.34. The number of nitrogens with zero attached hydrogens (tertiary/aromatic N) is 3. The molecule has 8 nitrogen and oxygen atoms in total. The van der Waals surface area contributed by atoms with Gasteiger partial charge in [0, 0.05) is 49.2 Å². The number of fused-ring (bicyclic) bond motifs is 1. The Morgan fingerprint density at radius 1 is 0.946 bits per heavy atom. The van der Waals surface area contributed by atoms with E-state index in [0.717, 1.165) is 61.7 Å². The minimum absolute atomic E-state index is 0.0567. The van der Waals surface area contributed by atoms with Gasteiger partial charge in [0.25, 0.3) is 5.91 Å². The van der Waals surface area contributed by atoms with E-state index in [9.17, 15) is 9.59 Å². The summed E-state index contributed by atoms with van der Waals surface area (Å²) >= 11 is 0. The maximum atomic E-state index is 12.8. The van der Waals surface area contributed by atoms with E-state index in [4.69, 9.17) is 9.97 Å². The number of hydrogen-bond donors (Lipinski definition) is 3. The molecule has 2 aliphatic carbocycles. The zero-order chi connectivity index (χ0) is 25.8. The minimum Gasteiger partial charge on any atom is -0.362 e. The van der Waals surface area contributed by atoms with E-state index in [1.807, 2.05) is 49.3 Å². The Bertz CT molecular complexity index is 1260. The van der Waals surface area contributed by atoms with Crippen molar-refractivity contribution in [2.75, 3.05) is 36.2 Å². The molecule has 2 aromatic carbocycles. The maximum absolute atomic E-state index is 12.8. The summed E-state index contributed by atoms with van der Waals surface area (Å²) in [4.78, 5) is 36.5. The van der Waals surface area contributed by atoms with Crippen molar-refractivity contribution < 1.29 is 9.59 Å². The van der Waals surface area contributed by atoms with Crippen LogP contribution >= 0.6 is 0 Å². The molecule has 3 N–H and O–H groups in total. The van der Waals surface area contributed by atoms with Crippen LogP contribution in [0.2, 0.25) is 0 Å². The first-order chi connectivity index (χ1) is 18.0. The van der Waals surface area contributed by atoms with Crippen LogP contribution in [0.3, 0.4) is 0 Å². The van der Waals surface area contributed by atoms with Gasteiger partial charge < -0.3 is 20.9 Å². The third kappa shape index (κ3) is 6.01. The number of amides is 2. The first-order valence-electron chi connectivity index (χ1n) is 13.4. The number of carbonyl (C=O) groups is 2. The van der Waals surface area contributed by atoms with E-state index in [2.05, 4.69) is 22.0 Å². The van der Waals surface area contributed by atoms with Crippen molar-refractivity contribution in [3.05, 3.63) is 54.1 Å². The fourth-order valence-electron chi connectivity index (χ4n) is 5.15. The number of carbonyl (C=O) groups excluding carboxylic acids is 2. The van der Waals surface area contributed by atoms with Crippen LogP contribution in [-0.2, 0) is 4.79 Å². The number of benzene rings is 2. The van der Waals surface area contributed by atoms with Crippen molar-refractivity contribution in [3.63, 3.8) is 0 Å². The van der Waals surface area contributed by atoms with Crippen LogP contribution in [0.1, 0.15) is 55.3 Å². The predicted octanol–water partition coefficient (Wildman–Crippen LogP) is 4.84. The summed E-state index contributed by atoms with van der Waals surface area (Å²) in [6.07, 6.45) is 7.11. The molecule has 0 radical (unpaired) electrons. The molecule has 0 spiro atoms. The van der Waals surface area contributed by atoms with Gasteiger partial charge in [-0.1, -0.05) is 24.6 Å². The molecule has 1 aromatic heterocycles. The zero-order valence-corrected chi connectivity index (χ0v) is 21.7. The van der Waals surface area contributed by atoms with Crippen LogP contribution in [-0.4, -0.2) is 48.5 Å². The molecule has 0 saturated heterocycles. The van der Waals surface area contributed by atoms with E-state index in [1.165, 1.54) is 0 Å². The SMILES string of the molecule is CN(C)c1nc(N[C@H]2CC[C@@H](CNC(=O)c3cccc(NC(=O)C4CCC4)c3)CC2)nc2ccccc12. The molecule has 37 heavy (non-hydrogen) atoms. The largest absolute Gasteiger partial charge is 0.362 e. The lowest BCUT2D eigenvalue weighted by Gasteiger charge is -2.29. The van der Waals surface area contributed by atoms with Crippen molar-refractivity contribution >= 4 is 40.2 Å². The highest BCUT2D eigenvalue weighted by molar-refractivity contribution is 5.97. The van der Waals surface area contributed by atoms with E-state index >= 15 is 0 Å². The molecule has 1 heterocycles.